The van der Waals surface area contributed by atoms with E-state index in [0.29, 0.717) is 6.54 Å². The predicted molar refractivity (Wildman–Crippen MR) is 30.0 cm³/mol. The van der Waals surface area contributed by atoms with E-state index in [0.717, 1.165) is 13.0 Å². The van der Waals surface area contributed by atoms with Gasteiger partial charge in [0.1, 0.15) is 0 Å². The Hall–Kier alpha value is -0.770. The van der Waals surface area contributed by atoms with Gasteiger partial charge in [0.25, 0.3) is 0 Å². The average Bonchev–Trinajstić information content (AvgIpc) is 1.66. The summed E-state index contributed by atoms with van der Waals surface area (Å²) in [6.45, 7) is 1.47. The number of nitrogens with two attached hydrogens (primary N) is 1. The first kappa shape index (κ1) is 7.23. The van der Waals surface area contributed by atoms with Gasteiger partial charge in [-0.2, -0.15) is 0 Å². The molecular formula is C4H12N3O+. The summed E-state index contributed by atoms with van der Waals surface area (Å²) >= 11 is 0. The second-order valence-corrected chi connectivity index (χ2v) is 1.50. The van der Waals surface area contributed by atoms with E-state index in [1.54, 1.807) is 0 Å². The normalized spacial score (nSPS) is 8.62. The fraction of sp³-hybridized carbons (Fsp3) is 0.750. The van der Waals surface area contributed by atoms with Crippen molar-refractivity contribution in [1.82, 2.24) is 5.32 Å². The summed E-state index contributed by atoms with van der Waals surface area (Å²) < 4.78 is 0. The van der Waals surface area contributed by atoms with Gasteiger partial charge in [-0.15, -0.1) is 0 Å². The van der Waals surface area contributed by atoms with Crippen molar-refractivity contribution in [2.75, 3.05) is 13.1 Å². The van der Waals surface area contributed by atoms with Crippen molar-refractivity contribution in [1.29, 1.82) is 0 Å². The Labute approximate surface area is 48.2 Å². The van der Waals surface area contributed by atoms with Crippen LogP contribution in [0.15, 0.2) is 0 Å². The zero-order valence-corrected chi connectivity index (χ0v) is 4.81. The van der Waals surface area contributed by atoms with Gasteiger partial charge in [0.15, 0.2) is 0 Å². The molecule has 0 saturated carbocycles. The molecule has 8 heavy (non-hydrogen) atoms. The van der Waals surface area contributed by atoms with Crippen LogP contribution in [0.2, 0.25) is 0 Å². The molecule has 0 aliphatic heterocycles. The molecule has 0 aromatic heterocycles. The number of nitrogens with one attached hydrogen (secondary N) is 1. The van der Waals surface area contributed by atoms with Gasteiger partial charge in [0.05, 0.1) is 6.54 Å². The minimum Gasteiger partial charge on any atom is -0.358 e. The number of hydrogen-bond donors (Lipinski definition) is 3. The number of carbonyl (C=O) groups excluding carboxylic acids is 1. The summed E-state index contributed by atoms with van der Waals surface area (Å²) in [5.74, 6) is 0. The fourth-order valence-electron chi connectivity index (χ4n) is 0.337. The topological polar surface area (TPSA) is 82.8 Å². The summed E-state index contributed by atoms with van der Waals surface area (Å²) in [6.07, 6.45) is 0.892. The molecule has 0 bridgehead atoms. The third-order valence-electron chi connectivity index (χ3n) is 0.726. The van der Waals surface area contributed by atoms with Crippen LogP contribution in [0.5, 0.6) is 0 Å². The van der Waals surface area contributed by atoms with Crippen molar-refractivity contribution < 1.29 is 10.5 Å². The van der Waals surface area contributed by atoms with Crippen LogP contribution in [-0.2, 0) is 0 Å². The third-order valence-corrected chi connectivity index (χ3v) is 0.726. The number of amides is 2. The summed E-state index contributed by atoms with van der Waals surface area (Å²) in [6, 6.07) is -0.460. The van der Waals surface area contributed by atoms with E-state index in [1.165, 1.54) is 0 Å². The van der Waals surface area contributed by atoms with Gasteiger partial charge in [0, 0.05) is 13.0 Å². The largest absolute Gasteiger partial charge is 0.358 e. The van der Waals surface area contributed by atoms with E-state index < -0.39 is 6.03 Å². The Morgan fingerprint density at radius 1 is 1.75 bits per heavy atom. The molecule has 0 spiro atoms. The highest BCUT2D eigenvalue weighted by Gasteiger charge is 1.87. The SMILES string of the molecule is NC(=O)NCCC[NH3+]. The number of rotatable bonds is 3. The molecule has 0 heterocycles. The lowest BCUT2D eigenvalue weighted by Crippen LogP contribution is -2.51. The molecule has 2 amide bonds. The maximum atomic E-state index is 9.96. The number of carbonyl (C=O) groups is 1. The molecule has 0 aromatic rings. The second-order valence-electron chi connectivity index (χ2n) is 1.50. The van der Waals surface area contributed by atoms with Gasteiger partial charge in [-0.05, 0) is 0 Å². The van der Waals surface area contributed by atoms with E-state index in [1.807, 2.05) is 0 Å². The molecule has 0 saturated heterocycles. The van der Waals surface area contributed by atoms with Crippen molar-refractivity contribution in [3.8, 4) is 0 Å². The van der Waals surface area contributed by atoms with E-state index in [-0.39, 0.29) is 0 Å². The van der Waals surface area contributed by atoms with Gasteiger partial charge in [-0.1, -0.05) is 0 Å². The number of primary amides is 1. The highest BCUT2D eigenvalue weighted by molar-refractivity contribution is 5.71. The van der Waals surface area contributed by atoms with Gasteiger partial charge >= 0.3 is 6.03 Å². The highest BCUT2D eigenvalue weighted by atomic mass is 16.2. The van der Waals surface area contributed by atoms with Crippen LogP contribution >= 0.6 is 0 Å². The lowest BCUT2D eigenvalue weighted by atomic mass is 10.4. The van der Waals surface area contributed by atoms with E-state index in [4.69, 9.17) is 5.73 Å². The van der Waals surface area contributed by atoms with E-state index in [9.17, 15) is 4.79 Å². The molecule has 0 fully saturated rings. The van der Waals surface area contributed by atoms with E-state index in [2.05, 4.69) is 11.1 Å². The Kier molecular flexibility index (Phi) is 3.97. The molecular weight excluding hydrogens is 106 g/mol. The van der Waals surface area contributed by atoms with Crippen LogP contribution in [0.4, 0.5) is 4.79 Å². The molecule has 4 nitrogen and oxygen atoms in total. The molecule has 4 heteroatoms. The number of urea groups is 1. The summed E-state index contributed by atoms with van der Waals surface area (Å²) in [5, 5.41) is 2.45. The Balaban J connectivity index is 2.82. The maximum absolute atomic E-state index is 9.96. The van der Waals surface area contributed by atoms with Crippen LogP contribution in [0.3, 0.4) is 0 Å². The first-order chi connectivity index (χ1) is 3.77. The lowest BCUT2D eigenvalue weighted by Gasteiger charge is -1.94. The predicted octanol–water partition coefficient (Wildman–Crippen LogP) is -1.71. The summed E-state index contributed by atoms with van der Waals surface area (Å²) in [4.78, 5) is 9.96. The molecule has 6 N–H and O–H groups in total. The first-order valence-corrected chi connectivity index (χ1v) is 2.60. The standard InChI is InChI=1S/C4H11N3O/c5-2-1-3-7-4(6)8/h1-3,5H2,(H3,6,7,8)/p+1. The van der Waals surface area contributed by atoms with Crippen LogP contribution in [0.1, 0.15) is 6.42 Å². The van der Waals surface area contributed by atoms with Crippen molar-refractivity contribution in [2.45, 2.75) is 6.42 Å². The van der Waals surface area contributed by atoms with Gasteiger partial charge < -0.3 is 16.8 Å². The van der Waals surface area contributed by atoms with Gasteiger partial charge in [-0.25, -0.2) is 4.79 Å². The van der Waals surface area contributed by atoms with Gasteiger partial charge in [0.2, 0.25) is 0 Å². The summed E-state index contributed by atoms with van der Waals surface area (Å²) in [7, 11) is 0. The molecule has 0 atom stereocenters. The quantitative estimate of drug-likeness (QED) is 0.379. The Morgan fingerprint density at radius 2 is 2.38 bits per heavy atom. The molecule has 0 aromatic carbocycles. The maximum Gasteiger partial charge on any atom is 0.312 e. The van der Waals surface area contributed by atoms with Crippen LogP contribution < -0.4 is 16.8 Å². The number of quaternary nitrogens is 1. The smallest absolute Gasteiger partial charge is 0.312 e. The second kappa shape index (κ2) is 4.39. The van der Waals surface area contributed by atoms with Crippen LogP contribution in [-0.4, -0.2) is 19.1 Å². The Morgan fingerprint density at radius 3 is 2.75 bits per heavy atom. The van der Waals surface area contributed by atoms with Crippen molar-refractivity contribution >= 4 is 6.03 Å². The molecule has 0 aliphatic rings. The lowest BCUT2D eigenvalue weighted by molar-refractivity contribution is -0.367. The van der Waals surface area contributed by atoms with Crippen molar-refractivity contribution in [3.63, 3.8) is 0 Å². The minimum atomic E-state index is -0.460. The van der Waals surface area contributed by atoms with Crippen molar-refractivity contribution in [3.05, 3.63) is 0 Å². The van der Waals surface area contributed by atoms with Crippen molar-refractivity contribution in [2.24, 2.45) is 5.73 Å². The minimum absolute atomic E-state index is 0.460. The molecule has 0 aliphatic carbocycles. The van der Waals surface area contributed by atoms with Crippen LogP contribution in [0.25, 0.3) is 0 Å². The molecule has 0 unspecified atom stereocenters. The Bertz CT molecular complexity index is 73.7. The fourth-order valence-corrected chi connectivity index (χ4v) is 0.337. The van der Waals surface area contributed by atoms with E-state index >= 15 is 0 Å². The van der Waals surface area contributed by atoms with Crippen LogP contribution in [0, 0.1) is 0 Å². The first-order valence-electron chi connectivity index (χ1n) is 2.60. The summed E-state index contributed by atoms with van der Waals surface area (Å²) in [5.41, 5.74) is 8.35. The highest BCUT2D eigenvalue weighted by Crippen LogP contribution is 1.65. The monoisotopic (exact) mass is 118 g/mol. The zero-order valence-electron chi connectivity index (χ0n) is 4.81. The molecule has 0 radical (unpaired) electrons. The average molecular weight is 118 g/mol. The molecule has 0 rings (SSSR count). The molecule has 48 valence electrons. The number of hydrogen-bond acceptors (Lipinski definition) is 1. The zero-order chi connectivity index (χ0) is 6.41. The third kappa shape index (κ3) is 5.23. The van der Waals surface area contributed by atoms with Gasteiger partial charge in [-0.3, -0.25) is 0 Å².